The molecule has 0 bridgehead atoms. The Labute approximate surface area is 209 Å². The van der Waals surface area contributed by atoms with Gasteiger partial charge in [0.15, 0.2) is 11.5 Å². The van der Waals surface area contributed by atoms with Gasteiger partial charge in [0.25, 0.3) is 5.91 Å². The van der Waals surface area contributed by atoms with E-state index in [0.29, 0.717) is 57.9 Å². The third kappa shape index (κ3) is 7.13. The summed E-state index contributed by atoms with van der Waals surface area (Å²) in [6.07, 6.45) is 3.54. The van der Waals surface area contributed by atoms with Gasteiger partial charge in [-0.15, -0.1) is 0 Å². The van der Waals surface area contributed by atoms with E-state index in [-0.39, 0.29) is 5.91 Å². The summed E-state index contributed by atoms with van der Waals surface area (Å²) in [5.74, 6) is 2.20. The molecule has 1 saturated heterocycles. The summed E-state index contributed by atoms with van der Waals surface area (Å²) in [5, 5.41) is 3.02. The van der Waals surface area contributed by atoms with Crippen LogP contribution < -0.4 is 19.5 Å². The van der Waals surface area contributed by atoms with E-state index in [9.17, 15) is 4.79 Å². The summed E-state index contributed by atoms with van der Waals surface area (Å²) in [5.41, 5.74) is 2.06. The standard InChI is InChI=1S/C25H28ClNO4S2/c1-4-16(3)18-7-9-19(10-8-18)30-11-6-12-31-23-20(26)13-17(14-21(23)29-5-2)15-22-24(28)27-25(32)33-22/h7-10,13-16H,4-6,11-12H2,1-3H3,(H,27,28,32). The lowest BCUT2D eigenvalue weighted by Gasteiger charge is -2.15. The number of benzene rings is 2. The molecule has 0 aromatic heterocycles. The smallest absolute Gasteiger partial charge is 0.263 e. The quantitative estimate of drug-likeness (QED) is 0.211. The molecule has 1 aliphatic heterocycles. The van der Waals surface area contributed by atoms with Crippen LogP contribution in [0.15, 0.2) is 41.3 Å². The average Bonchev–Trinajstić information content (AvgIpc) is 3.11. The van der Waals surface area contributed by atoms with E-state index in [1.807, 2.05) is 25.1 Å². The van der Waals surface area contributed by atoms with Crippen LogP contribution in [0.4, 0.5) is 0 Å². The number of hydrogen-bond acceptors (Lipinski definition) is 6. The molecule has 1 N–H and O–H groups in total. The molecule has 176 valence electrons. The largest absolute Gasteiger partial charge is 0.493 e. The fourth-order valence-corrected chi connectivity index (χ4v) is 4.52. The number of ether oxygens (including phenoxy) is 3. The molecule has 1 atom stereocenters. The first-order chi connectivity index (χ1) is 15.9. The van der Waals surface area contributed by atoms with Crippen molar-refractivity contribution in [1.29, 1.82) is 0 Å². The summed E-state index contributed by atoms with van der Waals surface area (Å²) in [7, 11) is 0. The lowest BCUT2D eigenvalue weighted by atomic mass is 9.99. The van der Waals surface area contributed by atoms with Crippen LogP contribution in [0, 0.1) is 0 Å². The van der Waals surface area contributed by atoms with Crippen LogP contribution in [0.3, 0.4) is 0 Å². The van der Waals surface area contributed by atoms with Crippen LogP contribution in [0.25, 0.3) is 6.08 Å². The van der Waals surface area contributed by atoms with Crippen molar-refractivity contribution in [1.82, 2.24) is 5.32 Å². The Balaban J connectivity index is 1.57. The molecule has 0 saturated carbocycles. The van der Waals surface area contributed by atoms with E-state index >= 15 is 0 Å². The second-order valence-electron chi connectivity index (χ2n) is 7.54. The third-order valence-electron chi connectivity index (χ3n) is 5.14. The van der Waals surface area contributed by atoms with Gasteiger partial charge in [-0.3, -0.25) is 4.79 Å². The minimum absolute atomic E-state index is 0.214. The first kappa shape index (κ1) is 25.4. The molecule has 5 nitrogen and oxygen atoms in total. The Hall–Kier alpha value is -2.22. The second-order valence-corrected chi connectivity index (χ2v) is 9.67. The maximum atomic E-state index is 11.9. The van der Waals surface area contributed by atoms with Gasteiger partial charge in [0.2, 0.25) is 0 Å². The number of carbonyl (C=O) groups is 1. The Morgan fingerprint density at radius 2 is 1.85 bits per heavy atom. The van der Waals surface area contributed by atoms with Gasteiger partial charge in [-0.25, -0.2) is 0 Å². The number of hydrogen-bond donors (Lipinski definition) is 1. The predicted octanol–water partition coefficient (Wildman–Crippen LogP) is 6.59. The van der Waals surface area contributed by atoms with Crippen molar-refractivity contribution in [3.8, 4) is 17.2 Å². The zero-order valence-electron chi connectivity index (χ0n) is 19.0. The molecule has 8 heteroatoms. The van der Waals surface area contributed by atoms with Crippen LogP contribution in [0.5, 0.6) is 17.2 Å². The molecule has 0 spiro atoms. The zero-order chi connectivity index (χ0) is 23.8. The highest BCUT2D eigenvalue weighted by Gasteiger charge is 2.22. The zero-order valence-corrected chi connectivity index (χ0v) is 21.4. The minimum atomic E-state index is -0.214. The summed E-state index contributed by atoms with van der Waals surface area (Å²) in [4.78, 5) is 12.4. The predicted molar refractivity (Wildman–Crippen MR) is 140 cm³/mol. The summed E-state index contributed by atoms with van der Waals surface area (Å²) in [6.45, 7) is 7.71. The van der Waals surface area contributed by atoms with Gasteiger partial charge >= 0.3 is 0 Å². The van der Waals surface area contributed by atoms with Gasteiger partial charge in [-0.2, -0.15) is 0 Å². The molecule has 1 heterocycles. The number of halogens is 1. The monoisotopic (exact) mass is 505 g/mol. The molecule has 1 fully saturated rings. The van der Waals surface area contributed by atoms with Crippen molar-refractivity contribution in [2.45, 2.75) is 39.5 Å². The van der Waals surface area contributed by atoms with E-state index in [1.54, 1.807) is 12.1 Å². The minimum Gasteiger partial charge on any atom is -0.493 e. The van der Waals surface area contributed by atoms with Crippen molar-refractivity contribution in [3.63, 3.8) is 0 Å². The fraction of sp³-hybridized carbons (Fsp3) is 0.360. The molecule has 1 amide bonds. The topological polar surface area (TPSA) is 56.8 Å². The molecular weight excluding hydrogens is 478 g/mol. The molecule has 1 unspecified atom stereocenters. The summed E-state index contributed by atoms with van der Waals surface area (Å²) < 4.78 is 17.9. The Morgan fingerprint density at radius 1 is 1.12 bits per heavy atom. The van der Waals surface area contributed by atoms with Crippen molar-refractivity contribution in [3.05, 3.63) is 57.5 Å². The molecular formula is C25H28ClNO4S2. The summed E-state index contributed by atoms with van der Waals surface area (Å²) in [6, 6.07) is 11.8. The van der Waals surface area contributed by atoms with E-state index in [4.69, 9.17) is 38.0 Å². The van der Waals surface area contributed by atoms with E-state index in [1.165, 1.54) is 17.3 Å². The number of amides is 1. The fourth-order valence-electron chi connectivity index (χ4n) is 3.20. The first-order valence-electron chi connectivity index (χ1n) is 11.0. The number of thioether (sulfide) groups is 1. The van der Waals surface area contributed by atoms with Gasteiger partial charge in [-0.1, -0.05) is 61.6 Å². The lowest BCUT2D eigenvalue weighted by molar-refractivity contribution is -0.115. The molecule has 2 aromatic rings. The van der Waals surface area contributed by atoms with Crippen LogP contribution in [-0.2, 0) is 4.79 Å². The van der Waals surface area contributed by atoms with Gasteiger partial charge in [0.1, 0.15) is 10.1 Å². The average molecular weight is 506 g/mol. The van der Waals surface area contributed by atoms with Gasteiger partial charge in [-0.05, 0) is 60.7 Å². The highest BCUT2D eigenvalue weighted by Crippen LogP contribution is 2.38. The van der Waals surface area contributed by atoms with Gasteiger partial charge < -0.3 is 19.5 Å². The van der Waals surface area contributed by atoms with Crippen LogP contribution in [-0.4, -0.2) is 30.0 Å². The maximum Gasteiger partial charge on any atom is 0.263 e. The number of nitrogens with one attached hydrogen (secondary N) is 1. The first-order valence-corrected chi connectivity index (χ1v) is 12.6. The Kier molecular flexibility index (Phi) is 9.47. The van der Waals surface area contributed by atoms with Crippen molar-refractivity contribution < 1.29 is 19.0 Å². The molecule has 3 rings (SSSR count). The molecule has 0 aliphatic carbocycles. The lowest BCUT2D eigenvalue weighted by Crippen LogP contribution is -2.17. The van der Waals surface area contributed by atoms with Crippen LogP contribution in [0.1, 0.15) is 50.7 Å². The third-order valence-corrected chi connectivity index (χ3v) is 6.58. The van der Waals surface area contributed by atoms with E-state index < -0.39 is 0 Å². The van der Waals surface area contributed by atoms with Crippen molar-refractivity contribution in [2.75, 3.05) is 19.8 Å². The molecule has 2 aromatic carbocycles. The van der Waals surface area contributed by atoms with E-state index in [0.717, 1.165) is 17.7 Å². The van der Waals surface area contributed by atoms with Gasteiger partial charge in [0, 0.05) is 6.42 Å². The van der Waals surface area contributed by atoms with Gasteiger partial charge in [0.05, 0.1) is 29.7 Å². The second kappa shape index (κ2) is 12.3. The number of rotatable bonds is 11. The highest BCUT2D eigenvalue weighted by atomic mass is 35.5. The Bertz CT molecular complexity index is 1020. The SMILES string of the molecule is CCOc1cc(C=C2SC(=S)NC2=O)cc(Cl)c1OCCCOc1ccc(C(C)CC)cc1. The highest BCUT2D eigenvalue weighted by molar-refractivity contribution is 8.26. The van der Waals surface area contributed by atoms with Crippen molar-refractivity contribution >= 4 is 51.9 Å². The Morgan fingerprint density at radius 3 is 2.48 bits per heavy atom. The summed E-state index contributed by atoms with van der Waals surface area (Å²) >= 11 is 12.7. The number of carbonyl (C=O) groups excluding carboxylic acids is 1. The molecule has 0 radical (unpaired) electrons. The maximum absolute atomic E-state index is 11.9. The normalized spacial score (nSPS) is 15.5. The van der Waals surface area contributed by atoms with Crippen LogP contribution >= 0.6 is 35.6 Å². The molecule has 1 aliphatic rings. The number of thiocarbonyl (C=S) groups is 1. The van der Waals surface area contributed by atoms with E-state index in [2.05, 4.69) is 31.3 Å². The van der Waals surface area contributed by atoms with Crippen molar-refractivity contribution in [2.24, 2.45) is 0 Å². The molecule has 33 heavy (non-hydrogen) atoms. The van der Waals surface area contributed by atoms with Crippen LogP contribution in [0.2, 0.25) is 5.02 Å².